The van der Waals surface area contributed by atoms with Gasteiger partial charge in [-0.05, 0) is 30.5 Å². The molecule has 0 fully saturated rings. The second-order valence-electron chi connectivity index (χ2n) is 5.17. The molecule has 0 radical (unpaired) electrons. The van der Waals surface area contributed by atoms with E-state index < -0.39 is 0 Å². The molecule has 0 aliphatic carbocycles. The molecule has 0 aliphatic heterocycles. The molecule has 1 rings (SSSR count). The lowest BCUT2D eigenvalue weighted by molar-refractivity contribution is 0.281. The van der Waals surface area contributed by atoms with Crippen molar-refractivity contribution in [2.45, 2.75) is 58.0 Å². The van der Waals surface area contributed by atoms with E-state index >= 15 is 0 Å². The Labute approximate surface area is 131 Å². The number of hydrogen-bond acceptors (Lipinski definition) is 2. The molecule has 114 valence electrons. The van der Waals surface area contributed by atoms with E-state index in [0.29, 0.717) is 0 Å². The van der Waals surface area contributed by atoms with E-state index in [4.69, 9.17) is 9.84 Å². The van der Waals surface area contributed by atoms with Crippen molar-refractivity contribution >= 4 is 15.9 Å². The van der Waals surface area contributed by atoms with E-state index in [2.05, 4.69) is 15.9 Å². The highest BCUT2D eigenvalue weighted by atomic mass is 79.9. The standard InChI is InChI=1S/C17H27BrO2/c18-13-7-5-3-1-2-4-6-8-14-20-17-11-9-16(15-19)10-12-17/h9-12,19H,1-8,13-15H2. The molecule has 0 heterocycles. The maximum absolute atomic E-state index is 8.95. The largest absolute Gasteiger partial charge is 0.494 e. The van der Waals surface area contributed by atoms with E-state index in [9.17, 15) is 0 Å². The van der Waals surface area contributed by atoms with Crippen LogP contribution in [-0.2, 0) is 6.61 Å². The van der Waals surface area contributed by atoms with Gasteiger partial charge in [-0.3, -0.25) is 0 Å². The zero-order valence-corrected chi connectivity index (χ0v) is 13.9. The molecule has 0 saturated heterocycles. The number of hydrogen-bond donors (Lipinski definition) is 1. The van der Waals surface area contributed by atoms with Gasteiger partial charge in [-0.1, -0.05) is 66.6 Å². The van der Waals surface area contributed by atoms with Gasteiger partial charge in [0, 0.05) is 5.33 Å². The quantitative estimate of drug-likeness (QED) is 0.424. The molecule has 0 unspecified atom stereocenters. The van der Waals surface area contributed by atoms with Crippen LogP contribution in [0.4, 0.5) is 0 Å². The van der Waals surface area contributed by atoms with Crippen LogP contribution >= 0.6 is 15.9 Å². The maximum Gasteiger partial charge on any atom is 0.119 e. The van der Waals surface area contributed by atoms with Gasteiger partial charge >= 0.3 is 0 Å². The van der Waals surface area contributed by atoms with Crippen molar-refractivity contribution in [2.24, 2.45) is 0 Å². The third-order valence-electron chi connectivity index (χ3n) is 3.40. The first kappa shape index (κ1) is 17.5. The fraction of sp³-hybridized carbons (Fsp3) is 0.647. The Bertz CT molecular complexity index is 324. The third kappa shape index (κ3) is 8.60. The number of alkyl halides is 1. The predicted molar refractivity (Wildman–Crippen MR) is 88.6 cm³/mol. The number of aliphatic hydroxyl groups is 1. The van der Waals surface area contributed by atoms with Crippen LogP contribution in [0.1, 0.15) is 56.9 Å². The van der Waals surface area contributed by atoms with Crippen LogP contribution in [0.2, 0.25) is 0 Å². The van der Waals surface area contributed by atoms with Crippen molar-refractivity contribution in [3.05, 3.63) is 29.8 Å². The molecule has 1 aromatic carbocycles. The Morgan fingerprint density at radius 1 is 0.800 bits per heavy atom. The molecule has 0 bridgehead atoms. The number of rotatable bonds is 12. The van der Waals surface area contributed by atoms with Crippen LogP contribution in [0.15, 0.2) is 24.3 Å². The van der Waals surface area contributed by atoms with Crippen LogP contribution < -0.4 is 4.74 Å². The predicted octanol–water partition coefficient (Wildman–Crippen LogP) is 5.07. The Kier molecular flexibility index (Phi) is 10.7. The van der Waals surface area contributed by atoms with Gasteiger partial charge in [0.2, 0.25) is 0 Å². The van der Waals surface area contributed by atoms with Crippen molar-refractivity contribution in [1.29, 1.82) is 0 Å². The molecule has 0 spiro atoms. The molecular formula is C17H27BrO2. The Morgan fingerprint density at radius 3 is 1.90 bits per heavy atom. The Hall–Kier alpha value is -0.540. The first-order chi connectivity index (χ1) is 9.86. The summed E-state index contributed by atoms with van der Waals surface area (Å²) in [7, 11) is 0. The number of benzene rings is 1. The smallest absolute Gasteiger partial charge is 0.119 e. The van der Waals surface area contributed by atoms with Gasteiger partial charge < -0.3 is 9.84 Å². The van der Waals surface area contributed by atoms with Gasteiger partial charge in [-0.25, -0.2) is 0 Å². The van der Waals surface area contributed by atoms with Gasteiger partial charge in [0.15, 0.2) is 0 Å². The lowest BCUT2D eigenvalue weighted by atomic mass is 10.1. The lowest BCUT2D eigenvalue weighted by Gasteiger charge is -2.06. The molecule has 2 nitrogen and oxygen atoms in total. The van der Waals surface area contributed by atoms with Crippen LogP contribution in [0.3, 0.4) is 0 Å². The molecule has 0 aromatic heterocycles. The molecule has 0 saturated carbocycles. The van der Waals surface area contributed by atoms with Gasteiger partial charge in [-0.2, -0.15) is 0 Å². The molecular weight excluding hydrogens is 316 g/mol. The van der Waals surface area contributed by atoms with Crippen LogP contribution in [0.25, 0.3) is 0 Å². The normalized spacial score (nSPS) is 10.7. The summed E-state index contributed by atoms with van der Waals surface area (Å²) in [4.78, 5) is 0. The van der Waals surface area contributed by atoms with Crippen molar-refractivity contribution in [3.63, 3.8) is 0 Å². The molecule has 0 amide bonds. The molecule has 0 aliphatic rings. The highest BCUT2D eigenvalue weighted by molar-refractivity contribution is 9.09. The van der Waals surface area contributed by atoms with Crippen LogP contribution in [0.5, 0.6) is 5.75 Å². The van der Waals surface area contributed by atoms with E-state index in [1.165, 1.54) is 44.9 Å². The summed E-state index contributed by atoms with van der Waals surface area (Å²) in [5, 5.41) is 10.1. The zero-order valence-electron chi connectivity index (χ0n) is 12.3. The van der Waals surface area contributed by atoms with Crippen molar-refractivity contribution in [3.8, 4) is 5.75 Å². The molecule has 3 heteroatoms. The van der Waals surface area contributed by atoms with E-state index in [0.717, 1.165) is 29.7 Å². The zero-order chi connectivity index (χ0) is 14.5. The number of halogens is 1. The third-order valence-corrected chi connectivity index (χ3v) is 3.96. The first-order valence-corrected chi connectivity index (χ1v) is 8.87. The minimum Gasteiger partial charge on any atom is -0.494 e. The molecule has 1 aromatic rings. The average Bonchev–Trinajstić information content (AvgIpc) is 2.50. The van der Waals surface area contributed by atoms with Crippen molar-refractivity contribution < 1.29 is 9.84 Å². The van der Waals surface area contributed by atoms with Crippen molar-refractivity contribution in [2.75, 3.05) is 11.9 Å². The number of unbranched alkanes of at least 4 members (excludes halogenated alkanes) is 7. The van der Waals surface area contributed by atoms with Gasteiger partial charge in [0.05, 0.1) is 13.2 Å². The summed E-state index contributed by atoms with van der Waals surface area (Å²) in [6.07, 6.45) is 10.5. The Morgan fingerprint density at radius 2 is 1.35 bits per heavy atom. The summed E-state index contributed by atoms with van der Waals surface area (Å²) >= 11 is 3.46. The summed E-state index contributed by atoms with van der Waals surface area (Å²) in [6, 6.07) is 7.66. The summed E-state index contributed by atoms with van der Waals surface area (Å²) in [6.45, 7) is 0.887. The lowest BCUT2D eigenvalue weighted by Crippen LogP contribution is -1.97. The minimum atomic E-state index is 0.0932. The summed E-state index contributed by atoms with van der Waals surface area (Å²) < 4.78 is 5.68. The maximum atomic E-state index is 8.95. The van der Waals surface area contributed by atoms with Crippen molar-refractivity contribution in [1.82, 2.24) is 0 Å². The number of aliphatic hydroxyl groups excluding tert-OH is 1. The molecule has 20 heavy (non-hydrogen) atoms. The highest BCUT2D eigenvalue weighted by Gasteiger charge is 1.96. The SMILES string of the molecule is OCc1ccc(OCCCCCCCCCCBr)cc1. The first-order valence-electron chi connectivity index (χ1n) is 7.75. The highest BCUT2D eigenvalue weighted by Crippen LogP contribution is 2.13. The second kappa shape index (κ2) is 12.2. The van der Waals surface area contributed by atoms with Crippen LogP contribution in [0, 0.1) is 0 Å². The van der Waals surface area contributed by atoms with Gasteiger partial charge in [0.25, 0.3) is 0 Å². The fourth-order valence-corrected chi connectivity index (χ4v) is 2.53. The molecule has 0 atom stereocenters. The van der Waals surface area contributed by atoms with E-state index in [-0.39, 0.29) is 6.61 Å². The monoisotopic (exact) mass is 342 g/mol. The minimum absolute atomic E-state index is 0.0932. The number of ether oxygens (including phenoxy) is 1. The van der Waals surface area contributed by atoms with Gasteiger partial charge in [0.1, 0.15) is 5.75 Å². The summed E-state index contributed by atoms with van der Waals surface area (Å²) in [5.74, 6) is 0.900. The fourth-order valence-electron chi connectivity index (χ4n) is 2.14. The van der Waals surface area contributed by atoms with E-state index in [1.807, 2.05) is 24.3 Å². The van der Waals surface area contributed by atoms with Gasteiger partial charge in [-0.15, -0.1) is 0 Å². The second-order valence-corrected chi connectivity index (χ2v) is 5.96. The summed E-state index contributed by atoms with van der Waals surface area (Å²) in [5.41, 5.74) is 0.928. The average molecular weight is 343 g/mol. The van der Waals surface area contributed by atoms with E-state index in [1.54, 1.807) is 0 Å². The van der Waals surface area contributed by atoms with Crippen LogP contribution in [-0.4, -0.2) is 17.0 Å². The Balaban J connectivity index is 1.91. The topological polar surface area (TPSA) is 29.5 Å². The molecule has 1 N–H and O–H groups in total.